The lowest BCUT2D eigenvalue weighted by Gasteiger charge is -2.27. The van der Waals surface area contributed by atoms with Crippen LogP contribution in [0.4, 0.5) is 17.1 Å². The normalized spacial score (nSPS) is 17.8. The van der Waals surface area contributed by atoms with Crippen molar-refractivity contribution in [2.24, 2.45) is 0 Å². The fourth-order valence-electron chi connectivity index (χ4n) is 7.77. The molecule has 4 aromatic rings. The molecule has 0 aliphatic carbocycles. The van der Waals surface area contributed by atoms with E-state index in [1.165, 1.54) is 34.2 Å². The third-order valence-electron chi connectivity index (χ3n) is 10.1. The molecule has 4 aromatic carbocycles. The van der Waals surface area contributed by atoms with Crippen molar-refractivity contribution in [3.05, 3.63) is 102 Å². The van der Waals surface area contributed by atoms with Crippen LogP contribution in [0.3, 0.4) is 0 Å². The van der Waals surface area contributed by atoms with Crippen LogP contribution in [0.15, 0.2) is 100 Å². The molecule has 2 aliphatic heterocycles. The zero-order chi connectivity index (χ0) is 37.7. The predicted molar refractivity (Wildman–Crippen MR) is 206 cm³/mol. The Bertz CT molecular complexity index is 2420. The molecule has 2 heterocycles. The first-order chi connectivity index (χ1) is 24.4. The average molecular weight is 746 g/mol. The summed E-state index contributed by atoms with van der Waals surface area (Å²) < 4.78 is 69.4. The molecule has 0 saturated heterocycles. The smallest absolute Gasteiger partial charge is 0.303 e. The van der Waals surface area contributed by atoms with Gasteiger partial charge in [0.1, 0.15) is 4.90 Å². The largest absolute Gasteiger partial charge is 0.481 e. The number of aliphatic carboxylic acids is 1. The minimum atomic E-state index is -4.87. The van der Waals surface area contributed by atoms with Crippen molar-refractivity contribution in [1.29, 1.82) is 0 Å². The van der Waals surface area contributed by atoms with Gasteiger partial charge in [-0.2, -0.15) is 16.8 Å². The van der Waals surface area contributed by atoms with E-state index in [-0.39, 0.29) is 23.2 Å². The van der Waals surface area contributed by atoms with E-state index in [2.05, 4.69) is 58.2 Å². The maximum absolute atomic E-state index is 12.4. The summed E-state index contributed by atoms with van der Waals surface area (Å²) in [5.41, 5.74) is 4.97. The Morgan fingerprint density at radius 2 is 1.65 bits per heavy atom. The molecule has 274 valence electrons. The van der Waals surface area contributed by atoms with Crippen molar-refractivity contribution in [3.63, 3.8) is 0 Å². The van der Waals surface area contributed by atoms with E-state index < -0.39 is 41.4 Å². The van der Waals surface area contributed by atoms with E-state index >= 15 is 0 Å². The summed E-state index contributed by atoms with van der Waals surface area (Å²) in [6.07, 6.45) is 11.9. The first-order valence-electron chi connectivity index (χ1n) is 17.0. The summed E-state index contributed by atoms with van der Waals surface area (Å²) in [6.45, 7) is 4.42. The first-order valence-corrected chi connectivity index (χ1v) is 19.9. The molecule has 3 N–H and O–H groups in total. The quantitative estimate of drug-likeness (QED) is 0.0751. The Hall–Kier alpha value is -4.69. The topological polar surface area (TPSA) is 156 Å². The van der Waals surface area contributed by atoms with Gasteiger partial charge in [0.15, 0.2) is 0 Å². The third-order valence-corrected chi connectivity index (χ3v) is 11.8. The maximum Gasteiger partial charge on any atom is 0.303 e. The van der Waals surface area contributed by atoms with E-state index in [1.807, 2.05) is 52.2 Å². The van der Waals surface area contributed by atoms with Gasteiger partial charge in [-0.1, -0.05) is 74.9 Å². The molecular formula is C39H43N3O8S2. The Morgan fingerprint density at radius 1 is 0.904 bits per heavy atom. The van der Waals surface area contributed by atoms with Gasteiger partial charge in [0.2, 0.25) is 0 Å². The second-order valence-corrected chi connectivity index (χ2v) is 16.9. The Kier molecular flexibility index (Phi) is 9.77. The van der Waals surface area contributed by atoms with Crippen LogP contribution >= 0.6 is 0 Å². The number of nitrogens with zero attached hydrogens (tertiary/aromatic N) is 3. The summed E-state index contributed by atoms with van der Waals surface area (Å²) in [5, 5.41) is 11.9. The third kappa shape index (κ3) is 6.69. The summed E-state index contributed by atoms with van der Waals surface area (Å²) in [5.74, 6) is -0.857. The van der Waals surface area contributed by atoms with Gasteiger partial charge in [-0.05, 0) is 65.1 Å². The summed E-state index contributed by atoms with van der Waals surface area (Å²) in [7, 11) is -3.52. The average Bonchev–Trinajstić information content (AvgIpc) is 3.46. The van der Waals surface area contributed by atoms with E-state index in [9.17, 15) is 30.7 Å². The molecule has 6 rings (SSSR count). The van der Waals surface area contributed by atoms with Crippen LogP contribution in [0.1, 0.15) is 56.7 Å². The molecule has 13 heteroatoms. The standard InChI is InChI=1S/C39H43N3O8S2/c1-39(2)34(16-9-6-8-15-30-28-14-12-13-25-18-20-32(40(3)4)38(36(25)28)41(30)5)42(22-11-7-10-17-35(43)44)31-21-19-27-29(37(31)39)23-26(51(45,46)47)24-33(27)52(48,49)50/h6,8-9,12-16,18-21,23-24,30H,7,10-11,17,22H2,1-5H3,(H,43,44)(H,45,46,47)(H,48,49,50)/b9-6+,15-8+,34-16+. The van der Waals surface area contributed by atoms with Crippen LogP contribution in [-0.4, -0.2) is 64.7 Å². The molecule has 11 nitrogen and oxygen atoms in total. The van der Waals surface area contributed by atoms with Crippen LogP contribution in [0, 0.1) is 0 Å². The summed E-state index contributed by atoms with van der Waals surface area (Å²) in [6, 6.07) is 16.0. The highest BCUT2D eigenvalue weighted by atomic mass is 32.2. The number of fused-ring (bicyclic) bond motifs is 3. The van der Waals surface area contributed by atoms with Crippen LogP contribution in [-0.2, 0) is 30.4 Å². The number of anilines is 3. The summed E-state index contributed by atoms with van der Waals surface area (Å²) in [4.78, 5) is 16.3. The fourth-order valence-corrected chi connectivity index (χ4v) is 9.11. The number of unbranched alkanes of at least 4 members (excludes halogenated alkanes) is 2. The van der Waals surface area contributed by atoms with Crippen molar-refractivity contribution in [2.75, 3.05) is 42.4 Å². The first kappa shape index (κ1) is 37.1. The van der Waals surface area contributed by atoms with Crippen molar-refractivity contribution >= 4 is 64.8 Å². The van der Waals surface area contributed by atoms with Gasteiger partial charge in [-0.15, -0.1) is 0 Å². The second-order valence-electron chi connectivity index (χ2n) is 14.1. The number of carboxylic acids is 1. The number of benzene rings is 4. The predicted octanol–water partition coefficient (Wildman–Crippen LogP) is 7.48. The molecule has 0 radical (unpaired) electrons. The number of allylic oxidation sites excluding steroid dienone is 5. The lowest BCUT2D eigenvalue weighted by atomic mass is 9.81. The molecule has 1 atom stereocenters. The van der Waals surface area contributed by atoms with Gasteiger partial charge >= 0.3 is 5.97 Å². The monoisotopic (exact) mass is 745 g/mol. The van der Waals surface area contributed by atoms with Gasteiger partial charge < -0.3 is 19.8 Å². The Morgan fingerprint density at radius 3 is 2.33 bits per heavy atom. The van der Waals surface area contributed by atoms with Gasteiger partial charge in [0.05, 0.1) is 22.3 Å². The van der Waals surface area contributed by atoms with Crippen LogP contribution in [0.25, 0.3) is 21.5 Å². The molecule has 1 unspecified atom stereocenters. The number of rotatable bonds is 12. The number of carboxylic acid groups (broad SMARTS) is 1. The molecule has 0 fully saturated rings. The summed E-state index contributed by atoms with van der Waals surface area (Å²) >= 11 is 0. The lowest BCUT2D eigenvalue weighted by Crippen LogP contribution is -2.27. The van der Waals surface area contributed by atoms with Crippen molar-refractivity contribution in [2.45, 2.75) is 60.8 Å². The van der Waals surface area contributed by atoms with E-state index in [0.29, 0.717) is 31.4 Å². The van der Waals surface area contributed by atoms with Crippen LogP contribution < -0.4 is 14.7 Å². The molecule has 0 spiro atoms. The van der Waals surface area contributed by atoms with Crippen LogP contribution in [0.2, 0.25) is 0 Å². The number of likely N-dealkylation sites (N-methyl/N-ethyl adjacent to an activating group) is 1. The number of hydrogen-bond donors (Lipinski definition) is 3. The molecule has 0 bridgehead atoms. The molecular weight excluding hydrogens is 703 g/mol. The minimum absolute atomic E-state index is 0.0203. The van der Waals surface area contributed by atoms with Crippen molar-refractivity contribution in [1.82, 2.24) is 0 Å². The Labute approximate surface area is 304 Å². The highest BCUT2D eigenvalue weighted by Gasteiger charge is 2.42. The number of hydrogen-bond acceptors (Lipinski definition) is 8. The number of carbonyl (C=O) groups is 1. The second kappa shape index (κ2) is 13.7. The van der Waals surface area contributed by atoms with E-state index in [4.69, 9.17) is 5.11 Å². The van der Waals surface area contributed by atoms with Crippen molar-refractivity contribution in [3.8, 4) is 0 Å². The Balaban J connectivity index is 1.39. The van der Waals surface area contributed by atoms with E-state index in [1.54, 1.807) is 6.07 Å². The maximum atomic E-state index is 12.4. The highest BCUT2D eigenvalue weighted by Crippen LogP contribution is 2.52. The fraction of sp³-hybridized carbons (Fsp3) is 0.308. The van der Waals surface area contributed by atoms with Gasteiger partial charge in [0, 0.05) is 61.7 Å². The molecule has 0 aromatic heterocycles. The van der Waals surface area contributed by atoms with Crippen molar-refractivity contribution < 1.29 is 35.8 Å². The highest BCUT2D eigenvalue weighted by molar-refractivity contribution is 7.86. The van der Waals surface area contributed by atoms with Crippen LogP contribution in [0.5, 0.6) is 0 Å². The molecule has 2 aliphatic rings. The molecule has 0 saturated carbocycles. The van der Waals surface area contributed by atoms with E-state index in [0.717, 1.165) is 23.1 Å². The zero-order valence-electron chi connectivity index (χ0n) is 29.7. The van der Waals surface area contributed by atoms with Gasteiger partial charge in [-0.25, -0.2) is 0 Å². The van der Waals surface area contributed by atoms with Gasteiger partial charge in [-0.3, -0.25) is 13.9 Å². The van der Waals surface area contributed by atoms with Gasteiger partial charge in [0.25, 0.3) is 20.2 Å². The molecule has 0 amide bonds. The SMILES string of the molecule is CN(C)c1ccc2cccc3c2c1N(C)C3/C=C/C=C/C=C1/N(CCCCCC(=O)O)c2ccc3c(S(=O)(=O)O)cc(S(=O)(=O)O)cc3c2C1(C)C. The minimum Gasteiger partial charge on any atom is -0.481 e. The molecule has 52 heavy (non-hydrogen) atoms. The zero-order valence-corrected chi connectivity index (χ0v) is 31.4. The lowest BCUT2D eigenvalue weighted by molar-refractivity contribution is -0.137.